The van der Waals surface area contributed by atoms with E-state index in [0.29, 0.717) is 5.92 Å². The van der Waals surface area contributed by atoms with Gasteiger partial charge in [0.05, 0.1) is 30.2 Å². The van der Waals surface area contributed by atoms with Gasteiger partial charge in [0.25, 0.3) is 0 Å². The molecule has 2 N–H and O–H groups in total. The fourth-order valence-corrected chi connectivity index (χ4v) is 1.96. The van der Waals surface area contributed by atoms with Gasteiger partial charge in [-0.3, -0.25) is 4.99 Å². The van der Waals surface area contributed by atoms with Crippen LogP contribution in [0.25, 0.3) is 0 Å². The van der Waals surface area contributed by atoms with Gasteiger partial charge in [-0.1, -0.05) is 18.2 Å². The van der Waals surface area contributed by atoms with Crippen LogP contribution in [0.3, 0.4) is 0 Å². The maximum absolute atomic E-state index is 4.42. The number of allylic oxidation sites excluding steroid dienone is 3. The summed E-state index contributed by atoms with van der Waals surface area (Å²) in [4.78, 5) is 4.42. The van der Waals surface area contributed by atoms with Crippen molar-refractivity contribution in [3.05, 3.63) is 35.3 Å². The Kier molecular flexibility index (Phi) is 1.33. The number of dihydropyridines is 1. The topological polar surface area (TPSA) is 36.4 Å². The molecule has 3 rings (SSSR count). The molecule has 1 atom stereocenters. The molecule has 3 heteroatoms. The van der Waals surface area contributed by atoms with Crippen molar-refractivity contribution in [3.63, 3.8) is 0 Å². The minimum atomic E-state index is 0.365. The molecule has 1 unspecified atom stereocenters. The lowest BCUT2D eigenvalue weighted by Gasteiger charge is -2.21. The highest BCUT2D eigenvalue weighted by molar-refractivity contribution is 5.82. The van der Waals surface area contributed by atoms with Crippen molar-refractivity contribution in [3.8, 4) is 0 Å². The zero-order valence-electron chi connectivity index (χ0n) is 7.25. The minimum absolute atomic E-state index is 0.365. The molecular formula is C10H11N3. The van der Waals surface area contributed by atoms with Crippen molar-refractivity contribution in [1.29, 1.82) is 0 Å². The molecule has 0 fully saturated rings. The van der Waals surface area contributed by atoms with E-state index in [1.807, 2.05) is 6.21 Å². The van der Waals surface area contributed by atoms with Crippen LogP contribution in [-0.2, 0) is 0 Å². The number of hydrogen-bond donors (Lipinski definition) is 2. The standard InChI is InChI=1S/C10H11N3/c1-2-4-8-7(3-1)10-9(5-11-8)12-6-13-10/h1,3-5,7,12-13H,2,6H2. The maximum atomic E-state index is 4.42. The van der Waals surface area contributed by atoms with Crippen LogP contribution < -0.4 is 10.6 Å². The third-order valence-electron chi connectivity index (χ3n) is 2.61. The zero-order valence-corrected chi connectivity index (χ0v) is 7.25. The van der Waals surface area contributed by atoms with Gasteiger partial charge in [0.1, 0.15) is 0 Å². The monoisotopic (exact) mass is 173 g/mol. The molecule has 0 aromatic rings. The molecule has 0 saturated heterocycles. The normalized spacial score (nSPS) is 28.9. The zero-order chi connectivity index (χ0) is 8.67. The Balaban J connectivity index is 2.06. The van der Waals surface area contributed by atoms with E-state index in [0.717, 1.165) is 18.8 Å². The Labute approximate surface area is 76.9 Å². The van der Waals surface area contributed by atoms with Crippen molar-refractivity contribution in [1.82, 2.24) is 10.6 Å². The fourth-order valence-electron chi connectivity index (χ4n) is 1.96. The first kappa shape index (κ1) is 6.95. The number of nitrogens with zero attached hydrogens (tertiary/aromatic N) is 1. The quantitative estimate of drug-likeness (QED) is 0.534. The van der Waals surface area contributed by atoms with Crippen molar-refractivity contribution < 1.29 is 0 Å². The van der Waals surface area contributed by atoms with E-state index in [4.69, 9.17) is 0 Å². The van der Waals surface area contributed by atoms with Crippen molar-refractivity contribution in [2.24, 2.45) is 10.9 Å². The van der Waals surface area contributed by atoms with Crippen LogP contribution in [0.15, 0.2) is 40.3 Å². The molecule has 66 valence electrons. The van der Waals surface area contributed by atoms with E-state index in [-0.39, 0.29) is 0 Å². The van der Waals surface area contributed by atoms with Gasteiger partial charge in [0.15, 0.2) is 0 Å². The Hall–Kier alpha value is -1.51. The Morgan fingerprint density at radius 3 is 3.38 bits per heavy atom. The average Bonchev–Trinajstić information content (AvgIpc) is 2.65. The molecule has 0 saturated carbocycles. The van der Waals surface area contributed by atoms with Gasteiger partial charge in [-0.25, -0.2) is 0 Å². The van der Waals surface area contributed by atoms with Crippen LogP contribution in [0.4, 0.5) is 0 Å². The highest BCUT2D eigenvalue weighted by Crippen LogP contribution is 2.30. The van der Waals surface area contributed by atoms with Crippen LogP contribution in [0, 0.1) is 5.92 Å². The first-order valence-electron chi connectivity index (χ1n) is 4.58. The highest BCUT2D eigenvalue weighted by Gasteiger charge is 2.26. The van der Waals surface area contributed by atoms with E-state index >= 15 is 0 Å². The summed E-state index contributed by atoms with van der Waals surface area (Å²) in [6.45, 7) is 0.828. The van der Waals surface area contributed by atoms with Crippen molar-refractivity contribution in [2.75, 3.05) is 6.67 Å². The van der Waals surface area contributed by atoms with Gasteiger partial charge in [-0.05, 0) is 6.42 Å². The first-order valence-corrected chi connectivity index (χ1v) is 4.58. The summed E-state index contributed by atoms with van der Waals surface area (Å²) in [5, 5.41) is 6.59. The first-order chi connectivity index (χ1) is 6.45. The highest BCUT2D eigenvalue weighted by atomic mass is 15.2. The third-order valence-corrected chi connectivity index (χ3v) is 2.61. The Morgan fingerprint density at radius 2 is 2.38 bits per heavy atom. The Bertz CT molecular complexity index is 360. The number of nitrogens with one attached hydrogen (secondary N) is 2. The summed E-state index contributed by atoms with van der Waals surface area (Å²) in [6.07, 6.45) is 9.53. The number of fused-ring (bicyclic) bond motifs is 2. The SMILES string of the molecule is C1=CC2C(=CC1)N=CC1=C2NCN1. The summed E-state index contributed by atoms with van der Waals surface area (Å²) in [6, 6.07) is 0. The molecule has 0 bridgehead atoms. The summed E-state index contributed by atoms with van der Waals surface area (Å²) < 4.78 is 0. The minimum Gasteiger partial charge on any atom is -0.369 e. The summed E-state index contributed by atoms with van der Waals surface area (Å²) in [7, 11) is 0. The van der Waals surface area contributed by atoms with E-state index in [1.54, 1.807) is 0 Å². The van der Waals surface area contributed by atoms with Crippen LogP contribution in [0.5, 0.6) is 0 Å². The number of aliphatic imine (C=N–C) groups is 1. The molecule has 3 aliphatic rings. The molecule has 1 aliphatic carbocycles. The summed E-state index contributed by atoms with van der Waals surface area (Å²) in [5.41, 5.74) is 3.60. The average molecular weight is 173 g/mol. The lowest BCUT2D eigenvalue weighted by molar-refractivity contribution is 0.734. The molecule has 0 radical (unpaired) electrons. The van der Waals surface area contributed by atoms with E-state index in [2.05, 4.69) is 33.9 Å². The smallest absolute Gasteiger partial charge is 0.0848 e. The molecule has 3 nitrogen and oxygen atoms in total. The molecule has 0 spiro atoms. The largest absolute Gasteiger partial charge is 0.369 e. The molecule has 0 aromatic heterocycles. The van der Waals surface area contributed by atoms with Crippen LogP contribution in [0.1, 0.15) is 6.42 Å². The second-order valence-electron chi connectivity index (χ2n) is 3.39. The van der Waals surface area contributed by atoms with E-state index < -0.39 is 0 Å². The predicted octanol–water partition coefficient (Wildman–Crippen LogP) is 0.893. The van der Waals surface area contributed by atoms with Crippen LogP contribution in [0.2, 0.25) is 0 Å². The van der Waals surface area contributed by atoms with Gasteiger partial charge in [0, 0.05) is 5.70 Å². The van der Waals surface area contributed by atoms with Gasteiger partial charge in [-0.2, -0.15) is 0 Å². The molecule has 2 aliphatic heterocycles. The van der Waals surface area contributed by atoms with Crippen molar-refractivity contribution in [2.45, 2.75) is 6.42 Å². The van der Waals surface area contributed by atoms with E-state index in [9.17, 15) is 0 Å². The van der Waals surface area contributed by atoms with Crippen molar-refractivity contribution >= 4 is 6.21 Å². The van der Waals surface area contributed by atoms with Gasteiger partial charge in [-0.15, -0.1) is 0 Å². The lowest BCUT2D eigenvalue weighted by atomic mass is 9.93. The summed E-state index contributed by atoms with van der Waals surface area (Å²) in [5.74, 6) is 0.365. The van der Waals surface area contributed by atoms with Gasteiger partial charge >= 0.3 is 0 Å². The second-order valence-corrected chi connectivity index (χ2v) is 3.39. The van der Waals surface area contributed by atoms with Crippen LogP contribution >= 0.6 is 0 Å². The molecule has 0 amide bonds. The predicted molar refractivity (Wildman–Crippen MR) is 52.0 cm³/mol. The second kappa shape index (κ2) is 2.49. The Morgan fingerprint density at radius 1 is 1.38 bits per heavy atom. The lowest BCUT2D eigenvalue weighted by Crippen LogP contribution is -2.20. The van der Waals surface area contributed by atoms with Gasteiger partial charge < -0.3 is 10.6 Å². The number of hydrogen-bond acceptors (Lipinski definition) is 3. The van der Waals surface area contributed by atoms with Crippen LogP contribution in [-0.4, -0.2) is 12.9 Å². The van der Waals surface area contributed by atoms with Gasteiger partial charge in [0.2, 0.25) is 0 Å². The molecule has 2 heterocycles. The maximum Gasteiger partial charge on any atom is 0.0848 e. The van der Waals surface area contributed by atoms with E-state index in [1.165, 1.54) is 11.4 Å². The molecular weight excluding hydrogens is 162 g/mol. The fraction of sp³-hybridized carbons (Fsp3) is 0.300. The molecule has 0 aromatic carbocycles. The summed E-state index contributed by atoms with van der Waals surface area (Å²) >= 11 is 0. The molecule has 13 heavy (non-hydrogen) atoms. The third kappa shape index (κ3) is 0.932. The number of rotatable bonds is 0.